The first kappa shape index (κ1) is 14.5. The SMILES string of the molecule is CCNC(c1ccncn1)c1c(OC)cnn1C(C)C. The molecule has 108 valence electrons. The van der Waals surface area contributed by atoms with Crippen LogP contribution in [0.3, 0.4) is 0 Å². The molecule has 6 heteroatoms. The van der Waals surface area contributed by atoms with Gasteiger partial charge in [0, 0.05) is 12.2 Å². The lowest BCUT2D eigenvalue weighted by molar-refractivity contribution is 0.393. The van der Waals surface area contributed by atoms with E-state index < -0.39 is 0 Å². The van der Waals surface area contributed by atoms with Crippen molar-refractivity contribution in [1.29, 1.82) is 0 Å². The highest BCUT2D eigenvalue weighted by Gasteiger charge is 2.25. The predicted octanol–water partition coefficient (Wildman–Crippen LogP) is 1.96. The van der Waals surface area contributed by atoms with E-state index in [0.29, 0.717) is 0 Å². The molecular formula is C14H21N5O. The molecule has 0 saturated carbocycles. The number of rotatable bonds is 6. The van der Waals surface area contributed by atoms with E-state index >= 15 is 0 Å². The Morgan fingerprint density at radius 1 is 1.40 bits per heavy atom. The molecule has 0 bridgehead atoms. The molecule has 0 radical (unpaired) electrons. The maximum Gasteiger partial charge on any atom is 0.162 e. The van der Waals surface area contributed by atoms with Crippen LogP contribution < -0.4 is 10.1 Å². The third kappa shape index (κ3) is 2.80. The van der Waals surface area contributed by atoms with Gasteiger partial charge in [0.2, 0.25) is 0 Å². The second kappa shape index (κ2) is 6.47. The molecular weight excluding hydrogens is 254 g/mol. The number of aromatic nitrogens is 4. The smallest absolute Gasteiger partial charge is 0.162 e. The molecule has 0 aliphatic carbocycles. The minimum Gasteiger partial charge on any atom is -0.493 e. The van der Waals surface area contributed by atoms with Crippen LogP contribution in [0.4, 0.5) is 0 Å². The van der Waals surface area contributed by atoms with E-state index in [2.05, 4.69) is 41.2 Å². The third-order valence-electron chi connectivity index (χ3n) is 3.09. The van der Waals surface area contributed by atoms with Crippen molar-refractivity contribution >= 4 is 0 Å². The molecule has 2 aromatic rings. The molecule has 1 N–H and O–H groups in total. The average molecular weight is 275 g/mol. The lowest BCUT2D eigenvalue weighted by atomic mass is 10.1. The van der Waals surface area contributed by atoms with Gasteiger partial charge in [-0.05, 0) is 26.5 Å². The molecule has 0 spiro atoms. The summed E-state index contributed by atoms with van der Waals surface area (Å²) in [5, 5.41) is 7.86. The zero-order valence-electron chi connectivity index (χ0n) is 12.4. The Morgan fingerprint density at radius 2 is 2.20 bits per heavy atom. The van der Waals surface area contributed by atoms with Gasteiger partial charge >= 0.3 is 0 Å². The van der Waals surface area contributed by atoms with Crippen LogP contribution in [0.5, 0.6) is 5.75 Å². The predicted molar refractivity (Wildman–Crippen MR) is 76.7 cm³/mol. The molecule has 0 aliphatic heterocycles. The maximum atomic E-state index is 5.46. The first-order valence-corrected chi connectivity index (χ1v) is 6.79. The fourth-order valence-corrected chi connectivity index (χ4v) is 2.22. The fraction of sp³-hybridized carbons (Fsp3) is 0.500. The van der Waals surface area contributed by atoms with Crippen LogP contribution in [0.1, 0.15) is 44.2 Å². The van der Waals surface area contributed by atoms with Crippen LogP contribution in [0.2, 0.25) is 0 Å². The highest BCUT2D eigenvalue weighted by atomic mass is 16.5. The number of nitrogens with zero attached hydrogens (tertiary/aromatic N) is 4. The molecule has 0 aromatic carbocycles. The molecule has 2 heterocycles. The molecule has 1 atom stereocenters. The topological polar surface area (TPSA) is 64.9 Å². The van der Waals surface area contributed by atoms with E-state index in [0.717, 1.165) is 23.7 Å². The molecule has 2 aromatic heterocycles. The normalized spacial score (nSPS) is 12.7. The Hall–Kier alpha value is -1.95. The van der Waals surface area contributed by atoms with Gasteiger partial charge in [0.05, 0.1) is 25.0 Å². The highest BCUT2D eigenvalue weighted by Crippen LogP contribution is 2.30. The zero-order valence-corrected chi connectivity index (χ0v) is 12.4. The van der Waals surface area contributed by atoms with Gasteiger partial charge in [-0.15, -0.1) is 0 Å². The lowest BCUT2D eigenvalue weighted by Crippen LogP contribution is -2.26. The maximum absolute atomic E-state index is 5.46. The van der Waals surface area contributed by atoms with Gasteiger partial charge < -0.3 is 10.1 Å². The molecule has 2 rings (SSSR count). The minimum atomic E-state index is -0.0668. The molecule has 0 fully saturated rings. The van der Waals surface area contributed by atoms with E-state index in [1.165, 1.54) is 0 Å². The first-order valence-electron chi connectivity index (χ1n) is 6.79. The summed E-state index contributed by atoms with van der Waals surface area (Å²) in [6.45, 7) is 7.08. The second-order valence-corrected chi connectivity index (χ2v) is 4.76. The van der Waals surface area contributed by atoms with Gasteiger partial charge in [-0.3, -0.25) is 4.68 Å². The van der Waals surface area contributed by atoms with Crippen LogP contribution >= 0.6 is 0 Å². The summed E-state index contributed by atoms with van der Waals surface area (Å²) in [6.07, 6.45) is 5.05. The van der Waals surface area contributed by atoms with Crippen molar-refractivity contribution in [3.05, 3.63) is 36.2 Å². The average Bonchev–Trinajstić information content (AvgIpc) is 2.89. The summed E-state index contributed by atoms with van der Waals surface area (Å²) >= 11 is 0. The summed E-state index contributed by atoms with van der Waals surface area (Å²) in [6, 6.07) is 2.09. The highest BCUT2D eigenvalue weighted by molar-refractivity contribution is 5.34. The van der Waals surface area contributed by atoms with Crippen molar-refractivity contribution in [1.82, 2.24) is 25.1 Å². The van der Waals surface area contributed by atoms with Crippen molar-refractivity contribution in [2.24, 2.45) is 0 Å². The standard InChI is InChI=1S/C14H21N5O/c1-5-16-13(11-6-7-15-9-17-11)14-12(20-4)8-18-19(14)10(2)3/h6-10,13,16H,5H2,1-4H3. The number of ether oxygens (including phenoxy) is 1. The zero-order chi connectivity index (χ0) is 14.5. The Morgan fingerprint density at radius 3 is 2.75 bits per heavy atom. The summed E-state index contributed by atoms with van der Waals surface area (Å²) in [4.78, 5) is 8.34. The van der Waals surface area contributed by atoms with E-state index in [1.54, 1.807) is 25.8 Å². The summed E-state index contributed by atoms with van der Waals surface area (Å²) in [5.41, 5.74) is 1.89. The van der Waals surface area contributed by atoms with Crippen molar-refractivity contribution in [2.75, 3.05) is 13.7 Å². The Labute approximate surface area is 119 Å². The number of nitrogens with one attached hydrogen (secondary N) is 1. The Bertz CT molecular complexity index is 538. The molecule has 0 saturated heterocycles. The van der Waals surface area contributed by atoms with Crippen LogP contribution in [-0.2, 0) is 0 Å². The van der Waals surface area contributed by atoms with Gasteiger partial charge in [0.25, 0.3) is 0 Å². The second-order valence-electron chi connectivity index (χ2n) is 4.76. The quantitative estimate of drug-likeness (QED) is 0.873. The first-order chi connectivity index (χ1) is 9.69. The third-order valence-corrected chi connectivity index (χ3v) is 3.09. The van der Waals surface area contributed by atoms with Gasteiger partial charge in [0.15, 0.2) is 5.75 Å². The molecule has 20 heavy (non-hydrogen) atoms. The summed E-state index contributed by atoms with van der Waals surface area (Å²) in [7, 11) is 1.66. The van der Waals surface area contributed by atoms with Crippen LogP contribution in [0.15, 0.2) is 24.8 Å². The van der Waals surface area contributed by atoms with Gasteiger partial charge in [0.1, 0.15) is 12.0 Å². The molecule has 1 unspecified atom stereocenters. The van der Waals surface area contributed by atoms with Gasteiger partial charge in [-0.2, -0.15) is 5.10 Å². The van der Waals surface area contributed by atoms with E-state index in [9.17, 15) is 0 Å². The van der Waals surface area contributed by atoms with Gasteiger partial charge in [-0.25, -0.2) is 9.97 Å². The van der Waals surface area contributed by atoms with E-state index in [-0.39, 0.29) is 12.1 Å². The van der Waals surface area contributed by atoms with E-state index in [1.807, 2.05) is 10.7 Å². The van der Waals surface area contributed by atoms with Crippen LogP contribution in [0, 0.1) is 0 Å². The van der Waals surface area contributed by atoms with Crippen LogP contribution in [0.25, 0.3) is 0 Å². The Balaban J connectivity index is 2.51. The van der Waals surface area contributed by atoms with Crippen molar-refractivity contribution in [2.45, 2.75) is 32.9 Å². The van der Waals surface area contributed by atoms with Crippen LogP contribution in [-0.4, -0.2) is 33.4 Å². The number of hydrogen-bond donors (Lipinski definition) is 1. The Kier molecular flexibility index (Phi) is 4.68. The van der Waals surface area contributed by atoms with Crippen molar-refractivity contribution < 1.29 is 4.74 Å². The molecule has 0 amide bonds. The largest absolute Gasteiger partial charge is 0.493 e. The monoisotopic (exact) mass is 275 g/mol. The van der Waals surface area contributed by atoms with Gasteiger partial charge in [-0.1, -0.05) is 6.92 Å². The summed E-state index contributed by atoms with van der Waals surface area (Å²) < 4.78 is 7.42. The molecule has 6 nitrogen and oxygen atoms in total. The number of hydrogen-bond acceptors (Lipinski definition) is 5. The van der Waals surface area contributed by atoms with E-state index in [4.69, 9.17) is 4.74 Å². The fourth-order valence-electron chi connectivity index (χ4n) is 2.22. The lowest BCUT2D eigenvalue weighted by Gasteiger charge is -2.21. The number of methoxy groups -OCH3 is 1. The molecule has 0 aliphatic rings. The van der Waals surface area contributed by atoms with Crippen molar-refractivity contribution in [3.63, 3.8) is 0 Å². The van der Waals surface area contributed by atoms with Crippen molar-refractivity contribution in [3.8, 4) is 5.75 Å². The minimum absolute atomic E-state index is 0.0668. The summed E-state index contributed by atoms with van der Waals surface area (Å²) in [5.74, 6) is 0.767.